The molecule has 112 valence electrons. The predicted molar refractivity (Wildman–Crippen MR) is 95.4 cm³/mol. The Hall–Kier alpha value is -0.550. The first kappa shape index (κ1) is 16.8. The van der Waals surface area contributed by atoms with Crippen molar-refractivity contribution in [1.82, 2.24) is 5.32 Å². The Morgan fingerprint density at radius 3 is 2.52 bits per heavy atom. The van der Waals surface area contributed by atoms with E-state index in [0.717, 1.165) is 37.4 Å². The Bertz CT molecular complexity index is 634. The molecule has 0 aliphatic carbocycles. The van der Waals surface area contributed by atoms with Crippen LogP contribution in [0.1, 0.15) is 24.1 Å². The molecular formula is C16H16Br2ClNO. The van der Waals surface area contributed by atoms with Crippen molar-refractivity contribution in [2.24, 2.45) is 0 Å². The molecule has 0 heterocycles. The third-order valence-electron chi connectivity index (χ3n) is 3.20. The maximum Gasteiger partial charge on any atom is 0.120 e. The lowest BCUT2D eigenvalue weighted by molar-refractivity contribution is 0.414. The summed E-state index contributed by atoms with van der Waals surface area (Å²) in [7, 11) is 1.66. The first-order valence-electron chi connectivity index (χ1n) is 6.58. The number of benzene rings is 2. The molecule has 0 bridgehead atoms. The van der Waals surface area contributed by atoms with Gasteiger partial charge < -0.3 is 10.1 Å². The van der Waals surface area contributed by atoms with E-state index in [0.29, 0.717) is 0 Å². The highest BCUT2D eigenvalue weighted by Gasteiger charge is 2.19. The van der Waals surface area contributed by atoms with Gasteiger partial charge in [-0.1, -0.05) is 56.5 Å². The van der Waals surface area contributed by atoms with Crippen molar-refractivity contribution in [3.8, 4) is 5.75 Å². The minimum atomic E-state index is 0.0141. The van der Waals surface area contributed by atoms with Crippen LogP contribution < -0.4 is 10.1 Å². The van der Waals surface area contributed by atoms with Gasteiger partial charge in [-0.05, 0) is 48.0 Å². The van der Waals surface area contributed by atoms with E-state index in [1.165, 1.54) is 0 Å². The zero-order valence-corrected chi connectivity index (χ0v) is 15.7. The van der Waals surface area contributed by atoms with Crippen molar-refractivity contribution in [2.45, 2.75) is 13.0 Å². The molecule has 0 spiro atoms. The second-order valence-electron chi connectivity index (χ2n) is 4.54. The number of ether oxygens (including phenoxy) is 1. The Kier molecular flexibility index (Phi) is 6.11. The molecule has 2 aromatic carbocycles. The Labute approximate surface area is 147 Å². The van der Waals surface area contributed by atoms with Crippen LogP contribution in [0.15, 0.2) is 45.3 Å². The number of hydrogen-bond acceptors (Lipinski definition) is 2. The smallest absolute Gasteiger partial charge is 0.120 e. The van der Waals surface area contributed by atoms with E-state index >= 15 is 0 Å². The summed E-state index contributed by atoms with van der Waals surface area (Å²) in [6.07, 6.45) is 0. The topological polar surface area (TPSA) is 21.3 Å². The minimum Gasteiger partial charge on any atom is -0.497 e. The lowest BCUT2D eigenvalue weighted by Crippen LogP contribution is -2.22. The van der Waals surface area contributed by atoms with Crippen LogP contribution in [0.3, 0.4) is 0 Å². The van der Waals surface area contributed by atoms with E-state index < -0.39 is 0 Å². The second kappa shape index (κ2) is 7.63. The molecule has 0 aliphatic rings. The molecule has 2 rings (SSSR count). The maximum absolute atomic E-state index is 6.39. The highest BCUT2D eigenvalue weighted by molar-refractivity contribution is 9.10. The summed E-state index contributed by atoms with van der Waals surface area (Å²) in [5.74, 6) is 0.821. The lowest BCUT2D eigenvalue weighted by Gasteiger charge is -2.22. The summed E-state index contributed by atoms with van der Waals surface area (Å²) in [6, 6.07) is 11.9. The van der Waals surface area contributed by atoms with Gasteiger partial charge in [-0.25, -0.2) is 0 Å². The molecule has 0 amide bonds. The van der Waals surface area contributed by atoms with Crippen molar-refractivity contribution in [3.05, 3.63) is 61.5 Å². The van der Waals surface area contributed by atoms with E-state index in [2.05, 4.69) is 44.1 Å². The van der Waals surface area contributed by atoms with Crippen LogP contribution in [0.4, 0.5) is 0 Å². The fourth-order valence-corrected chi connectivity index (χ4v) is 3.39. The molecule has 1 atom stereocenters. The van der Waals surface area contributed by atoms with Gasteiger partial charge in [0.05, 0.1) is 13.2 Å². The van der Waals surface area contributed by atoms with Gasteiger partial charge in [0.25, 0.3) is 0 Å². The quantitative estimate of drug-likeness (QED) is 0.665. The van der Waals surface area contributed by atoms with Crippen LogP contribution in [0.2, 0.25) is 5.02 Å². The van der Waals surface area contributed by atoms with Crippen LogP contribution in [0, 0.1) is 0 Å². The van der Waals surface area contributed by atoms with E-state index in [4.69, 9.17) is 16.3 Å². The number of methoxy groups -OCH3 is 1. The van der Waals surface area contributed by atoms with Crippen molar-refractivity contribution >= 4 is 43.5 Å². The lowest BCUT2D eigenvalue weighted by atomic mass is 9.98. The monoisotopic (exact) mass is 431 g/mol. The SMILES string of the molecule is CCNC(c1cc(Br)ccc1Cl)c1ccc(OC)cc1Br. The fourth-order valence-electron chi connectivity index (χ4n) is 2.20. The summed E-state index contributed by atoms with van der Waals surface area (Å²) < 4.78 is 7.25. The molecule has 1 unspecified atom stereocenters. The molecule has 5 heteroatoms. The number of halogens is 3. The number of hydrogen-bond donors (Lipinski definition) is 1. The third kappa shape index (κ3) is 4.01. The zero-order valence-electron chi connectivity index (χ0n) is 11.8. The van der Waals surface area contributed by atoms with Crippen molar-refractivity contribution < 1.29 is 4.74 Å². The Morgan fingerprint density at radius 1 is 1.14 bits per heavy atom. The normalized spacial score (nSPS) is 12.2. The standard InChI is InChI=1S/C16H16Br2ClNO/c1-3-20-16(13-8-10(17)4-7-15(13)19)12-6-5-11(21-2)9-14(12)18/h4-9,16,20H,3H2,1-2H3. The first-order valence-corrected chi connectivity index (χ1v) is 8.55. The van der Waals surface area contributed by atoms with E-state index in [-0.39, 0.29) is 6.04 Å². The van der Waals surface area contributed by atoms with E-state index in [9.17, 15) is 0 Å². The van der Waals surface area contributed by atoms with Gasteiger partial charge in [0.1, 0.15) is 5.75 Å². The Morgan fingerprint density at radius 2 is 1.90 bits per heavy atom. The van der Waals surface area contributed by atoms with Crippen LogP contribution in [0.5, 0.6) is 5.75 Å². The molecule has 2 nitrogen and oxygen atoms in total. The summed E-state index contributed by atoms with van der Waals surface area (Å²) >= 11 is 13.5. The maximum atomic E-state index is 6.39. The molecule has 0 aliphatic heterocycles. The molecule has 0 saturated carbocycles. The van der Waals surface area contributed by atoms with Gasteiger partial charge >= 0.3 is 0 Å². The molecule has 0 radical (unpaired) electrons. The van der Waals surface area contributed by atoms with Gasteiger partial charge in [0.15, 0.2) is 0 Å². The zero-order chi connectivity index (χ0) is 15.4. The molecule has 0 aromatic heterocycles. The first-order chi connectivity index (χ1) is 10.1. The summed E-state index contributed by atoms with van der Waals surface area (Å²) in [6.45, 7) is 2.92. The van der Waals surface area contributed by atoms with Crippen LogP contribution >= 0.6 is 43.5 Å². The summed E-state index contributed by atoms with van der Waals surface area (Å²) in [5.41, 5.74) is 2.16. The molecule has 0 saturated heterocycles. The average Bonchev–Trinajstić information content (AvgIpc) is 2.48. The number of rotatable bonds is 5. The summed E-state index contributed by atoms with van der Waals surface area (Å²) in [4.78, 5) is 0. The van der Waals surface area contributed by atoms with Crippen molar-refractivity contribution in [1.29, 1.82) is 0 Å². The highest BCUT2D eigenvalue weighted by Crippen LogP contribution is 2.35. The van der Waals surface area contributed by atoms with Crippen LogP contribution in [-0.4, -0.2) is 13.7 Å². The molecule has 0 fully saturated rings. The predicted octanol–water partition coefficient (Wildman–Crippen LogP) is 5.57. The molecule has 2 aromatic rings. The highest BCUT2D eigenvalue weighted by atomic mass is 79.9. The van der Waals surface area contributed by atoms with Crippen LogP contribution in [0.25, 0.3) is 0 Å². The average molecular weight is 434 g/mol. The Balaban J connectivity index is 2.50. The molecular weight excluding hydrogens is 417 g/mol. The van der Waals surface area contributed by atoms with Crippen LogP contribution in [-0.2, 0) is 0 Å². The van der Waals surface area contributed by atoms with E-state index in [1.807, 2.05) is 36.4 Å². The largest absolute Gasteiger partial charge is 0.497 e. The molecule has 1 N–H and O–H groups in total. The summed E-state index contributed by atoms with van der Waals surface area (Å²) in [5, 5.41) is 4.23. The van der Waals surface area contributed by atoms with Gasteiger partial charge in [-0.15, -0.1) is 0 Å². The van der Waals surface area contributed by atoms with Gasteiger partial charge in [-0.2, -0.15) is 0 Å². The van der Waals surface area contributed by atoms with Crippen molar-refractivity contribution in [3.63, 3.8) is 0 Å². The van der Waals surface area contributed by atoms with Gasteiger partial charge in [0.2, 0.25) is 0 Å². The second-order valence-corrected chi connectivity index (χ2v) is 6.72. The number of nitrogens with one attached hydrogen (secondary N) is 1. The van der Waals surface area contributed by atoms with Gasteiger partial charge in [0, 0.05) is 14.0 Å². The van der Waals surface area contributed by atoms with Gasteiger partial charge in [-0.3, -0.25) is 0 Å². The minimum absolute atomic E-state index is 0.0141. The van der Waals surface area contributed by atoms with E-state index in [1.54, 1.807) is 7.11 Å². The molecule has 21 heavy (non-hydrogen) atoms. The van der Waals surface area contributed by atoms with Crippen molar-refractivity contribution in [2.75, 3.05) is 13.7 Å². The third-order valence-corrected chi connectivity index (χ3v) is 4.72. The fraction of sp³-hybridized carbons (Fsp3) is 0.250.